The highest BCUT2D eigenvalue weighted by atomic mass is 16.1. The first-order chi connectivity index (χ1) is 9.20. The van der Waals surface area contributed by atoms with Crippen LogP contribution in [0.5, 0.6) is 0 Å². The third kappa shape index (κ3) is 3.72. The van der Waals surface area contributed by atoms with Crippen LogP contribution in [-0.4, -0.2) is 18.5 Å². The van der Waals surface area contributed by atoms with Crippen LogP contribution < -0.4 is 10.2 Å². The Hall–Kier alpha value is -1.51. The Balaban J connectivity index is 1.99. The molecule has 0 spiro atoms. The second-order valence-corrected chi connectivity index (χ2v) is 5.38. The second-order valence-electron chi connectivity index (χ2n) is 5.38. The standard InChI is InChI=1S/C16H24N2O/c1-3-6-16(19)17-14-8-10-15(11-9-14)18-12-5-4-7-13(18)2/h8-11,13H,3-7,12H2,1-2H3,(H,17,19)/t13-/m0/s1. The first kappa shape index (κ1) is 13.9. The van der Waals surface area contributed by atoms with E-state index in [9.17, 15) is 4.79 Å². The van der Waals surface area contributed by atoms with Crippen LogP contribution in [-0.2, 0) is 4.79 Å². The minimum absolute atomic E-state index is 0.0987. The molecule has 0 aromatic heterocycles. The number of carbonyl (C=O) groups is 1. The molecular weight excluding hydrogens is 236 g/mol. The lowest BCUT2D eigenvalue weighted by Crippen LogP contribution is -2.37. The number of rotatable bonds is 4. The minimum Gasteiger partial charge on any atom is -0.369 e. The van der Waals surface area contributed by atoms with Crippen molar-refractivity contribution in [2.24, 2.45) is 0 Å². The topological polar surface area (TPSA) is 32.3 Å². The van der Waals surface area contributed by atoms with E-state index in [1.165, 1.54) is 24.9 Å². The van der Waals surface area contributed by atoms with Gasteiger partial charge in [0.1, 0.15) is 0 Å². The zero-order valence-electron chi connectivity index (χ0n) is 12.0. The summed E-state index contributed by atoms with van der Waals surface area (Å²) >= 11 is 0. The fourth-order valence-corrected chi connectivity index (χ4v) is 2.67. The molecule has 0 saturated carbocycles. The predicted molar refractivity (Wildman–Crippen MR) is 80.6 cm³/mol. The van der Waals surface area contributed by atoms with Gasteiger partial charge >= 0.3 is 0 Å². The van der Waals surface area contributed by atoms with E-state index in [2.05, 4.69) is 29.3 Å². The fourth-order valence-electron chi connectivity index (χ4n) is 2.67. The molecule has 0 radical (unpaired) electrons. The van der Waals surface area contributed by atoms with E-state index >= 15 is 0 Å². The van der Waals surface area contributed by atoms with Crippen molar-refractivity contribution >= 4 is 17.3 Å². The molecule has 0 aliphatic carbocycles. The van der Waals surface area contributed by atoms with Crippen molar-refractivity contribution in [2.75, 3.05) is 16.8 Å². The lowest BCUT2D eigenvalue weighted by molar-refractivity contribution is -0.116. The first-order valence-electron chi connectivity index (χ1n) is 7.37. The van der Waals surface area contributed by atoms with E-state index in [0.29, 0.717) is 12.5 Å². The smallest absolute Gasteiger partial charge is 0.224 e. The Bertz CT molecular complexity index is 413. The number of benzene rings is 1. The van der Waals surface area contributed by atoms with Crippen LogP contribution in [0.2, 0.25) is 0 Å². The minimum atomic E-state index is 0.0987. The summed E-state index contributed by atoms with van der Waals surface area (Å²) in [5.74, 6) is 0.0987. The van der Waals surface area contributed by atoms with Gasteiger partial charge in [0.05, 0.1) is 0 Å². The molecule has 1 fully saturated rings. The summed E-state index contributed by atoms with van der Waals surface area (Å²) in [6.07, 6.45) is 5.36. The van der Waals surface area contributed by atoms with Crippen LogP contribution in [0.4, 0.5) is 11.4 Å². The largest absolute Gasteiger partial charge is 0.369 e. The molecule has 1 saturated heterocycles. The third-order valence-electron chi connectivity index (χ3n) is 3.76. The molecule has 104 valence electrons. The summed E-state index contributed by atoms with van der Waals surface area (Å²) < 4.78 is 0. The van der Waals surface area contributed by atoms with Gasteiger partial charge in [0.25, 0.3) is 0 Å². The monoisotopic (exact) mass is 260 g/mol. The highest BCUT2D eigenvalue weighted by molar-refractivity contribution is 5.90. The van der Waals surface area contributed by atoms with Gasteiger partial charge in [0.15, 0.2) is 0 Å². The fraction of sp³-hybridized carbons (Fsp3) is 0.562. The van der Waals surface area contributed by atoms with Crippen LogP contribution in [0.15, 0.2) is 24.3 Å². The van der Waals surface area contributed by atoms with Gasteiger partial charge < -0.3 is 10.2 Å². The quantitative estimate of drug-likeness (QED) is 0.893. The highest BCUT2D eigenvalue weighted by Crippen LogP contribution is 2.25. The Morgan fingerprint density at radius 1 is 1.32 bits per heavy atom. The summed E-state index contributed by atoms with van der Waals surface area (Å²) in [4.78, 5) is 14.0. The summed E-state index contributed by atoms with van der Waals surface area (Å²) in [6.45, 7) is 5.44. The highest BCUT2D eigenvalue weighted by Gasteiger charge is 2.18. The molecule has 1 aliphatic heterocycles. The van der Waals surface area contributed by atoms with Gasteiger partial charge in [-0.25, -0.2) is 0 Å². The van der Waals surface area contributed by atoms with Crippen LogP contribution in [0.3, 0.4) is 0 Å². The maximum absolute atomic E-state index is 11.5. The van der Waals surface area contributed by atoms with Gasteiger partial charge in [0, 0.05) is 30.4 Å². The number of hydrogen-bond acceptors (Lipinski definition) is 2. The molecule has 1 aliphatic rings. The number of amides is 1. The van der Waals surface area contributed by atoms with Crippen molar-refractivity contribution in [3.05, 3.63) is 24.3 Å². The second kappa shape index (κ2) is 6.60. The van der Waals surface area contributed by atoms with E-state index in [-0.39, 0.29) is 5.91 Å². The van der Waals surface area contributed by atoms with Crippen molar-refractivity contribution in [1.82, 2.24) is 0 Å². The van der Waals surface area contributed by atoms with Gasteiger partial charge in [-0.3, -0.25) is 4.79 Å². The van der Waals surface area contributed by atoms with E-state index < -0.39 is 0 Å². The molecule has 19 heavy (non-hydrogen) atoms. The Morgan fingerprint density at radius 2 is 2.05 bits per heavy atom. The zero-order valence-corrected chi connectivity index (χ0v) is 12.0. The molecule has 1 heterocycles. The Kier molecular flexibility index (Phi) is 4.83. The number of anilines is 2. The van der Waals surface area contributed by atoms with E-state index in [1.807, 2.05) is 19.1 Å². The number of piperidine rings is 1. The maximum atomic E-state index is 11.5. The molecule has 0 unspecified atom stereocenters. The molecule has 3 nitrogen and oxygen atoms in total. The predicted octanol–water partition coefficient (Wildman–Crippen LogP) is 3.80. The SMILES string of the molecule is CCCC(=O)Nc1ccc(N2CCCC[C@@H]2C)cc1. The average molecular weight is 260 g/mol. The normalized spacial score (nSPS) is 19.3. The molecular formula is C16H24N2O. The molecule has 1 aromatic carbocycles. The van der Waals surface area contributed by atoms with E-state index in [1.54, 1.807) is 0 Å². The zero-order chi connectivity index (χ0) is 13.7. The van der Waals surface area contributed by atoms with Crippen LogP contribution in [0, 0.1) is 0 Å². The van der Waals surface area contributed by atoms with Crippen molar-refractivity contribution in [3.63, 3.8) is 0 Å². The summed E-state index contributed by atoms with van der Waals surface area (Å²) in [6, 6.07) is 8.86. The summed E-state index contributed by atoms with van der Waals surface area (Å²) in [5.41, 5.74) is 2.16. The first-order valence-corrected chi connectivity index (χ1v) is 7.37. The Morgan fingerprint density at radius 3 is 2.68 bits per heavy atom. The van der Waals surface area contributed by atoms with Gasteiger partial charge in [-0.15, -0.1) is 0 Å². The Labute approximate surface area is 116 Å². The number of nitrogens with one attached hydrogen (secondary N) is 1. The van der Waals surface area contributed by atoms with Gasteiger partial charge in [-0.1, -0.05) is 6.92 Å². The van der Waals surface area contributed by atoms with E-state index in [4.69, 9.17) is 0 Å². The maximum Gasteiger partial charge on any atom is 0.224 e. The van der Waals surface area contributed by atoms with Crippen LogP contribution in [0.25, 0.3) is 0 Å². The molecule has 2 rings (SSSR count). The molecule has 1 amide bonds. The van der Waals surface area contributed by atoms with Crippen LogP contribution >= 0.6 is 0 Å². The average Bonchev–Trinajstić information content (AvgIpc) is 2.41. The lowest BCUT2D eigenvalue weighted by Gasteiger charge is -2.35. The van der Waals surface area contributed by atoms with Crippen molar-refractivity contribution in [3.8, 4) is 0 Å². The number of carbonyl (C=O) groups excluding carboxylic acids is 1. The van der Waals surface area contributed by atoms with Gasteiger partial charge in [-0.2, -0.15) is 0 Å². The molecule has 0 bridgehead atoms. The third-order valence-corrected chi connectivity index (χ3v) is 3.76. The van der Waals surface area contributed by atoms with Crippen molar-refractivity contribution in [1.29, 1.82) is 0 Å². The van der Waals surface area contributed by atoms with Gasteiger partial charge in [0.2, 0.25) is 5.91 Å². The van der Waals surface area contributed by atoms with Crippen LogP contribution in [0.1, 0.15) is 46.0 Å². The number of nitrogens with zero attached hydrogens (tertiary/aromatic N) is 1. The molecule has 1 atom stereocenters. The van der Waals surface area contributed by atoms with Crippen molar-refractivity contribution < 1.29 is 4.79 Å². The number of hydrogen-bond donors (Lipinski definition) is 1. The summed E-state index contributed by atoms with van der Waals surface area (Å²) in [5, 5.41) is 2.93. The van der Waals surface area contributed by atoms with Gasteiger partial charge in [-0.05, 0) is 56.9 Å². The molecule has 3 heteroatoms. The van der Waals surface area contributed by atoms with E-state index in [0.717, 1.165) is 18.7 Å². The molecule has 1 N–H and O–H groups in total. The van der Waals surface area contributed by atoms with Crippen molar-refractivity contribution in [2.45, 2.75) is 52.0 Å². The summed E-state index contributed by atoms with van der Waals surface area (Å²) in [7, 11) is 0. The lowest BCUT2D eigenvalue weighted by atomic mass is 10.0. The molecule has 1 aromatic rings.